The summed E-state index contributed by atoms with van der Waals surface area (Å²) in [4.78, 5) is 10.4. The number of nitro benzene ring substituents is 1. The molecule has 2 aromatic rings. The lowest BCUT2D eigenvalue weighted by Gasteiger charge is -2.09. The smallest absolute Gasteiger partial charge is 0.333 e. The summed E-state index contributed by atoms with van der Waals surface area (Å²) in [5.41, 5.74) is 6.39. The summed E-state index contributed by atoms with van der Waals surface area (Å²) in [5.74, 6) is 0.167. The fourth-order valence-electron chi connectivity index (χ4n) is 1.62. The molecular formula is C13H11BrN2O3. The third kappa shape index (κ3) is 3.03. The van der Waals surface area contributed by atoms with Crippen molar-refractivity contribution in [3.05, 3.63) is 62.6 Å². The summed E-state index contributed by atoms with van der Waals surface area (Å²) in [6.07, 6.45) is 0. The van der Waals surface area contributed by atoms with Crippen LogP contribution in [0.4, 0.5) is 11.4 Å². The lowest BCUT2D eigenvalue weighted by molar-refractivity contribution is -0.385. The summed E-state index contributed by atoms with van der Waals surface area (Å²) < 4.78 is 6.38. The van der Waals surface area contributed by atoms with Crippen LogP contribution in [0.5, 0.6) is 5.75 Å². The first-order valence-corrected chi connectivity index (χ1v) is 6.28. The number of halogens is 1. The van der Waals surface area contributed by atoms with E-state index in [-0.39, 0.29) is 23.7 Å². The Kier molecular flexibility index (Phi) is 4.01. The molecule has 0 spiro atoms. The van der Waals surface area contributed by atoms with E-state index < -0.39 is 4.92 Å². The molecule has 0 atom stereocenters. The first-order valence-electron chi connectivity index (χ1n) is 5.48. The lowest BCUT2D eigenvalue weighted by atomic mass is 10.2. The van der Waals surface area contributed by atoms with E-state index >= 15 is 0 Å². The van der Waals surface area contributed by atoms with Crippen LogP contribution in [0, 0.1) is 10.1 Å². The third-order valence-electron chi connectivity index (χ3n) is 2.55. The molecule has 0 saturated carbocycles. The molecule has 0 bridgehead atoms. The zero-order valence-electron chi connectivity index (χ0n) is 9.88. The second-order valence-corrected chi connectivity index (χ2v) is 4.69. The van der Waals surface area contributed by atoms with Gasteiger partial charge in [-0.05, 0) is 18.2 Å². The van der Waals surface area contributed by atoms with Crippen LogP contribution in [0.15, 0.2) is 46.9 Å². The topological polar surface area (TPSA) is 78.4 Å². The summed E-state index contributed by atoms with van der Waals surface area (Å²) in [6.45, 7) is 0.228. The minimum Gasteiger partial charge on any atom is -0.482 e. The second-order valence-electron chi connectivity index (χ2n) is 3.83. The highest BCUT2D eigenvalue weighted by atomic mass is 79.9. The highest BCUT2D eigenvalue weighted by Crippen LogP contribution is 2.33. The van der Waals surface area contributed by atoms with E-state index in [1.165, 1.54) is 12.1 Å². The van der Waals surface area contributed by atoms with Crippen molar-refractivity contribution >= 4 is 27.3 Å². The maximum atomic E-state index is 11.0. The number of rotatable bonds is 4. The Bertz CT molecular complexity index is 617. The molecule has 0 unspecified atom stereocenters. The van der Waals surface area contributed by atoms with E-state index in [0.29, 0.717) is 0 Å². The molecule has 0 aliphatic rings. The van der Waals surface area contributed by atoms with Crippen molar-refractivity contribution in [3.63, 3.8) is 0 Å². The van der Waals surface area contributed by atoms with Crippen LogP contribution < -0.4 is 10.5 Å². The Hall–Kier alpha value is -2.08. The molecule has 2 aromatic carbocycles. The van der Waals surface area contributed by atoms with E-state index in [1.807, 2.05) is 24.3 Å². The van der Waals surface area contributed by atoms with Crippen molar-refractivity contribution in [2.75, 3.05) is 5.73 Å². The Morgan fingerprint density at radius 1 is 1.21 bits per heavy atom. The van der Waals surface area contributed by atoms with Gasteiger partial charge in [0.05, 0.1) is 4.92 Å². The number of ether oxygens (including phenoxy) is 1. The van der Waals surface area contributed by atoms with E-state index in [2.05, 4.69) is 15.9 Å². The van der Waals surface area contributed by atoms with Crippen LogP contribution in [0.1, 0.15) is 5.56 Å². The van der Waals surface area contributed by atoms with Crippen molar-refractivity contribution in [2.24, 2.45) is 0 Å². The maximum absolute atomic E-state index is 11.0. The molecule has 2 rings (SSSR count). The van der Waals surface area contributed by atoms with E-state index in [0.717, 1.165) is 10.0 Å². The summed E-state index contributed by atoms with van der Waals surface area (Å²) in [7, 11) is 0. The van der Waals surface area contributed by atoms with E-state index in [1.54, 1.807) is 6.07 Å². The highest BCUT2D eigenvalue weighted by molar-refractivity contribution is 9.10. The lowest BCUT2D eigenvalue weighted by Crippen LogP contribution is -2.02. The van der Waals surface area contributed by atoms with Gasteiger partial charge in [-0.1, -0.05) is 40.2 Å². The molecule has 5 nitrogen and oxygen atoms in total. The molecule has 0 saturated heterocycles. The van der Waals surface area contributed by atoms with Gasteiger partial charge in [-0.15, -0.1) is 0 Å². The number of para-hydroxylation sites is 1. The number of hydrogen-bond donors (Lipinski definition) is 1. The van der Waals surface area contributed by atoms with Gasteiger partial charge in [-0.3, -0.25) is 10.1 Å². The Morgan fingerprint density at radius 3 is 2.63 bits per heavy atom. The number of anilines is 1. The van der Waals surface area contributed by atoms with Crippen LogP contribution >= 0.6 is 15.9 Å². The van der Waals surface area contributed by atoms with Gasteiger partial charge >= 0.3 is 5.69 Å². The average molecular weight is 323 g/mol. The molecule has 19 heavy (non-hydrogen) atoms. The third-order valence-corrected chi connectivity index (χ3v) is 3.33. The zero-order valence-corrected chi connectivity index (χ0v) is 11.5. The first-order chi connectivity index (χ1) is 9.09. The normalized spacial score (nSPS) is 10.2. The van der Waals surface area contributed by atoms with Crippen LogP contribution in [-0.2, 0) is 6.61 Å². The number of nitrogens with two attached hydrogens (primary N) is 1. The minimum absolute atomic E-state index is 0.0922. The van der Waals surface area contributed by atoms with E-state index in [4.69, 9.17) is 10.5 Å². The van der Waals surface area contributed by atoms with Crippen LogP contribution in [0.3, 0.4) is 0 Å². The molecule has 6 heteroatoms. The van der Waals surface area contributed by atoms with Gasteiger partial charge in [-0.25, -0.2) is 0 Å². The van der Waals surface area contributed by atoms with Gasteiger partial charge in [0.1, 0.15) is 12.3 Å². The van der Waals surface area contributed by atoms with Crippen molar-refractivity contribution < 1.29 is 9.66 Å². The fourth-order valence-corrected chi connectivity index (χ4v) is 2.02. The predicted octanol–water partition coefficient (Wildman–Crippen LogP) is 3.52. The minimum atomic E-state index is -0.537. The Morgan fingerprint density at radius 2 is 1.95 bits per heavy atom. The predicted molar refractivity (Wildman–Crippen MR) is 76.0 cm³/mol. The maximum Gasteiger partial charge on any atom is 0.333 e. The van der Waals surface area contributed by atoms with Crippen LogP contribution in [-0.4, -0.2) is 4.92 Å². The largest absolute Gasteiger partial charge is 0.482 e. The van der Waals surface area contributed by atoms with Crippen LogP contribution in [0.2, 0.25) is 0 Å². The number of benzene rings is 2. The second kappa shape index (κ2) is 5.71. The van der Waals surface area contributed by atoms with Gasteiger partial charge in [0, 0.05) is 10.0 Å². The molecule has 98 valence electrons. The molecule has 0 aromatic heterocycles. The summed E-state index contributed by atoms with van der Waals surface area (Å²) >= 11 is 3.39. The Labute approximate surface area is 118 Å². The molecule has 0 aliphatic heterocycles. The van der Waals surface area contributed by atoms with Crippen LogP contribution in [0.25, 0.3) is 0 Å². The standard InChI is InChI=1S/C13H11BrN2O3/c14-10-5-2-1-4-9(10)8-19-12-7-3-6-11(15)13(12)16(17)18/h1-7H,8,15H2. The first kappa shape index (κ1) is 13.4. The number of nitrogen functional groups attached to an aromatic ring is 1. The van der Waals surface area contributed by atoms with Gasteiger partial charge < -0.3 is 10.5 Å². The SMILES string of the molecule is Nc1cccc(OCc2ccccc2Br)c1[N+](=O)[O-]. The zero-order chi connectivity index (χ0) is 13.8. The van der Waals surface area contributed by atoms with Gasteiger partial charge in [0.25, 0.3) is 0 Å². The van der Waals surface area contributed by atoms with E-state index in [9.17, 15) is 10.1 Å². The van der Waals surface area contributed by atoms with Crippen molar-refractivity contribution in [2.45, 2.75) is 6.61 Å². The van der Waals surface area contributed by atoms with Gasteiger partial charge in [-0.2, -0.15) is 0 Å². The molecule has 0 radical (unpaired) electrons. The molecule has 0 amide bonds. The quantitative estimate of drug-likeness (QED) is 0.530. The number of nitrogens with zero attached hydrogens (tertiary/aromatic N) is 1. The molecule has 0 aliphatic carbocycles. The molecule has 2 N–H and O–H groups in total. The highest BCUT2D eigenvalue weighted by Gasteiger charge is 2.19. The van der Waals surface area contributed by atoms with Gasteiger partial charge in [0.2, 0.25) is 0 Å². The average Bonchev–Trinajstić information content (AvgIpc) is 2.37. The molecule has 0 heterocycles. The number of hydrogen-bond acceptors (Lipinski definition) is 4. The monoisotopic (exact) mass is 322 g/mol. The fraction of sp³-hybridized carbons (Fsp3) is 0.0769. The summed E-state index contributed by atoms with van der Waals surface area (Å²) in [5, 5.41) is 11.0. The van der Waals surface area contributed by atoms with Crippen molar-refractivity contribution in [1.82, 2.24) is 0 Å². The molecular weight excluding hydrogens is 312 g/mol. The summed E-state index contributed by atoms with van der Waals surface area (Å²) in [6, 6.07) is 12.1. The molecule has 0 fully saturated rings. The van der Waals surface area contributed by atoms with Crippen molar-refractivity contribution in [1.29, 1.82) is 0 Å². The van der Waals surface area contributed by atoms with Crippen molar-refractivity contribution in [3.8, 4) is 5.75 Å². The van der Waals surface area contributed by atoms with Gasteiger partial charge in [0.15, 0.2) is 5.75 Å². The Balaban J connectivity index is 2.23. The number of nitro groups is 1.